The van der Waals surface area contributed by atoms with Gasteiger partial charge in [0.25, 0.3) is 5.91 Å². The Morgan fingerprint density at radius 2 is 1.85 bits per heavy atom. The molecule has 7 nitrogen and oxygen atoms in total. The first-order chi connectivity index (χ1) is 16.0. The number of carbonyl (C=O) groups is 2. The van der Waals surface area contributed by atoms with Crippen molar-refractivity contribution in [1.82, 2.24) is 9.88 Å². The van der Waals surface area contributed by atoms with Crippen molar-refractivity contribution in [3.8, 4) is 6.07 Å². The Balaban J connectivity index is 1.54. The molecule has 3 amide bonds. The second kappa shape index (κ2) is 8.33. The SMILES string of the molecule is CC1(C)C(=O)N(c2ccc(C#N)c(C(F)(F)F)c2)C(=O)N1CCNc1ccc2ccncc2c1. The first-order valence-electron chi connectivity index (χ1n) is 10.4. The summed E-state index contributed by atoms with van der Waals surface area (Å²) in [5, 5.41) is 14.2. The molecular weight excluding hydrogens is 447 g/mol. The average molecular weight is 467 g/mol. The number of pyridine rings is 1. The van der Waals surface area contributed by atoms with Gasteiger partial charge in [-0.05, 0) is 55.6 Å². The number of anilines is 2. The number of amides is 3. The van der Waals surface area contributed by atoms with Crippen LogP contribution in [0.25, 0.3) is 10.8 Å². The summed E-state index contributed by atoms with van der Waals surface area (Å²) in [6.45, 7) is 3.54. The average Bonchev–Trinajstić information content (AvgIpc) is 2.97. The monoisotopic (exact) mass is 467 g/mol. The molecule has 34 heavy (non-hydrogen) atoms. The predicted molar refractivity (Wildman–Crippen MR) is 120 cm³/mol. The van der Waals surface area contributed by atoms with Gasteiger partial charge in [0.1, 0.15) is 5.54 Å². The molecular formula is C24H20F3N5O2. The van der Waals surface area contributed by atoms with E-state index in [4.69, 9.17) is 5.26 Å². The number of urea groups is 1. The highest BCUT2D eigenvalue weighted by atomic mass is 19.4. The van der Waals surface area contributed by atoms with E-state index in [9.17, 15) is 22.8 Å². The summed E-state index contributed by atoms with van der Waals surface area (Å²) < 4.78 is 40.2. The predicted octanol–water partition coefficient (Wildman–Crippen LogP) is 4.78. The number of benzene rings is 2. The van der Waals surface area contributed by atoms with Crippen LogP contribution in [0.1, 0.15) is 25.0 Å². The number of hydrogen-bond donors (Lipinski definition) is 1. The molecule has 0 unspecified atom stereocenters. The highest BCUT2D eigenvalue weighted by Crippen LogP contribution is 2.37. The third-order valence-corrected chi connectivity index (χ3v) is 5.82. The van der Waals surface area contributed by atoms with Crippen LogP contribution in [-0.2, 0) is 11.0 Å². The topological polar surface area (TPSA) is 89.3 Å². The molecule has 2 heterocycles. The molecule has 1 aliphatic rings. The van der Waals surface area contributed by atoms with Gasteiger partial charge >= 0.3 is 12.2 Å². The van der Waals surface area contributed by atoms with Crippen LogP contribution in [-0.4, -0.2) is 40.5 Å². The molecule has 1 N–H and O–H groups in total. The molecule has 1 saturated heterocycles. The fourth-order valence-electron chi connectivity index (χ4n) is 3.95. The minimum Gasteiger partial charge on any atom is -0.383 e. The zero-order valence-corrected chi connectivity index (χ0v) is 18.3. The minimum atomic E-state index is -4.80. The van der Waals surface area contributed by atoms with Gasteiger partial charge in [0.2, 0.25) is 0 Å². The van der Waals surface area contributed by atoms with E-state index in [0.717, 1.165) is 27.4 Å². The maximum Gasteiger partial charge on any atom is 0.417 e. The molecule has 0 bridgehead atoms. The van der Waals surface area contributed by atoms with Crippen molar-refractivity contribution < 1.29 is 22.8 Å². The molecule has 2 aromatic carbocycles. The number of alkyl halides is 3. The van der Waals surface area contributed by atoms with Gasteiger partial charge in [0.15, 0.2) is 0 Å². The second-order valence-electron chi connectivity index (χ2n) is 8.34. The maximum absolute atomic E-state index is 13.4. The van der Waals surface area contributed by atoms with Crippen molar-refractivity contribution in [1.29, 1.82) is 5.26 Å². The van der Waals surface area contributed by atoms with Crippen LogP contribution in [0.5, 0.6) is 0 Å². The zero-order chi connectivity index (χ0) is 24.7. The number of nitrogens with one attached hydrogen (secondary N) is 1. The minimum absolute atomic E-state index is 0.140. The van der Waals surface area contributed by atoms with Crippen LogP contribution < -0.4 is 10.2 Å². The summed E-state index contributed by atoms with van der Waals surface area (Å²) in [5.41, 5.74) is -2.47. The normalized spacial score (nSPS) is 15.6. The van der Waals surface area contributed by atoms with E-state index in [2.05, 4.69) is 10.3 Å². The molecule has 0 aliphatic carbocycles. The van der Waals surface area contributed by atoms with E-state index < -0.39 is 34.8 Å². The fraction of sp³-hybridized carbons (Fsp3) is 0.250. The Labute approximate surface area is 193 Å². The van der Waals surface area contributed by atoms with Crippen molar-refractivity contribution in [2.45, 2.75) is 25.6 Å². The summed E-state index contributed by atoms with van der Waals surface area (Å²) >= 11 is 0. The van der Waals surface area contributed by atoms with Crippen molar-refractivity contribution >= 4 is 34.1 Å². The van der Waals surface area contributed by atoms with E-state index in [1.807, 2.05) is 24.3 Å². The Morgan fingerprint density at radius 1 is 1.09 bits per heavy atom. The van der Waals surface area contributed by atoms with E-state index in [0.29, 0.717) is 12.6 Å². The Bertz CT molecular complexity index is 1330. The molecule has 0 atom stereocenters. The maximum atomic E-state index is 13.4. The third-order valence-electron chi connectivity index (χ3n) is 5.82. The quantitative estimate of drug-likeness (QED) is 0.546. The number of aromatic nitrogens is 1. The fourth-order valence-corrected chi connectivity index (χ4v) is 3.95. The molecule has 1 aromatic heterocycles. The third kappa shape index (κ3) is 4.01. The van der Waals surface area contributed by atoms with Gasteiger partial charge in [-0.2, -0.15) is 18.4 Å². The summed E-state index contributed by atoms with van der Waals surface area (Å²) in [4.78, 5) is 32.3. The number of carbonyl (C=O) groups excluding carboxylic acids is 2. The lowest BCUT2D eigenvalue weighted by Gasteiger charge is -2.27. The standard InChI is InChI=1S/C24H20F3N5O2/c1-23(2)21(33)32(19-6-4-16(13-28)20(12-19)24(25,26)27)22(34)31(23)10-9-30-18-5-3-15-7-8-29-14-17(15)11-18/h3-8,11-12,14,30H,9-10H2,1-2H3. The first kappa shape index (κ1) is 23.0. The second-order valence-corrected chi connectivity index (χ2v) is 8.34. The van der Waals surface area contributed by atoms with Gasteiger partial charge in [0, 0.05) is 36.6 Å². The van der Waals surface area contributed by atoms with Crippen molar-refractivity contribution in [3.05, 3.63) is 66.0 Å². The molecule has 174 valence electrons. The van der Waals surface area contributed by atoms with E-state index in [1.54, 1.807) is 26.2 Å². The zero-order valence-electron chi connectivity index (χ0n) is 18.3. The number of fused-ring (bicyclic) bond motifs is 1. The van der Waals surface area contributed by atoms with Crippen LogP contribution in [0.4, 0.5) is 29.3 Å². The Kier molecular flexibility index (Phi) is 5.65. The smallest absolute Gasteiger partial charge is 0.383 e. The molecule has 1 aliphatic heterocycles. The lowest BCUT2D eigenvalue weighted by molar-refractivity contribution is -0.137. The van der Waals surface area contributed by atoms with Crippen molar-refractivity contribution in [2.24, 2.45) is 0 Å². The molecule has 4 rings (SSSR count). The van der Waals surface area contributed by atoms with Gasteiger partial charge in [-0.3, -0.25) is 9.78 Å². The van der Waals surface area contributed by atoms with E-state index in [-0.39, 0.29) is 12.2 Å². The number of imide groups is 1. The molecule has 10 heteroatoms. The molecule has 1 fully saturated rings. The summed E-state index contributed by atoms with van der Waals surface area (Å²) in [5.74, 6) is -0.646. The van der Waals surface area contributed by atoms with Crippen LogP contribution in [0.2, 0.25) is 0 Å². The molecule has 3 aromatic rings. The molecule has 0 spiro atoms. The number of halogens is 3. The van der Waals surface area contributed by atoms with Crippen LogP contribution in [0.15, 0.2) is 54.9 Å². The van der Waals surface area contributed by atoms with Gasteiger partial charge in [-0.15, -0.1) is 0 Å². The van der Waals surface area contributed by atoms with Crippen LogP contribution in [0, 0.1) is 11.3 Å². The largest absolute Gasteiger partial charge is 0.417 e. The molecule has 0 saturated carbocycles. The van der Waals surface area contributed by atoms with Gasteiger partial charge < -0.3 is 10.2 Å². The highest BCUT2D eigenvalue weighted by molar-refractivity contribution is 6.23. The lowest BCUT2D eigenvalue weighted by atomic mass is 10.0. The number of hydrogen-bond acceptors (Lipinski definition) is 5. The number of rotatable bonds is 5. The molecule has 0 radical (unpaired) electrons. The van der Waals surface area contributed by atoms with Gasteiger partial charge in [0.05, 0.1) is 22.9 Å². The van der Waals surface area contributed by atoms with E-state index >= 15 is 0 Å². The van der Waals surface area contributed by atoms with Crippen molar-refractivity contribution in [3.63, 3.8) is 0 Å². The van der Waals surface area contributed by atoms with E-state index in [1.165, 1.54) is 17.0 Å². The Morgan fingerprint density at radius 3 is 2.56 bits per heavy atom. The lowest BCUT2D eigenvalue weighted by Crippen LogP contribution is -2.46. The van der Waals surface area contributed by atoms with Gasteiger partial charge in [-0.1, -0.05) is 6.07 Å². The van der Waals surface area contributed by atoms with Crippen LogP contribution >= 0.6 is 0 Å². The highest BCUT2D eigenvalue weighted by Gasteiger charge is 2.52. The first-order valence-corrected chi connectivity index (χ1v) is 10.4. The summed E-state index contributed by atoms with van der Waals surface area (Å²) in [6, 6.07) is 11.2. The summed E-state index contributed by atoms with van der Waals surface area (Å²) in [6.07, 6.45) is -1.37. The van der Waals surface area contributed by atoms with Crippen molar-refractivity contribution in [2.75, 3.05) is 23.3 Å². The van der Waals surface area contributed by atoms with Crippen LogP contribution in [0.3, 0.4) is 0 Å². The number of nitrogens with zero attached hydrogens (tertiary/aromatic N) is 4. The Hall–Kier alpha value is -4.13. The number of nitriles is 1. The van der Waals surface area contributed by atoms with Gasteiger partial charge in [-0.25, -0.2) is 9.69 Å². The summed E-state index contributed by atoms with van der Waals surface area (Å²) in [7, 11) is 0.